The zero-order valence-corrected chi connectivity index (χ0v) is 19.0. The fraction of sp³-hybridized carbons (Fsp3) is 0.261. The van der Waals surface area contributed by atoms with Crippen LogP contribution in [-0.4, -0.2) is 27.1 Å². The Hall–Kier alpha value is -3.46. The van der Waals surface area contributed by atoms with Gasteiger partial charge < -0.3 is 19.8 Å². The molecule has 166 valence electrons. The fourth-order valence-electron chi connectivity index (χ4n) is 3.10. The van der Waals surface area contributed by atoms with Crippen LogP contribution in [0.3, 0.4) is 0 Å². The van der Waals surface area contributed by atoms with Gasteiger partial charge in [0.05, 0.1) is 12.9 Å². The van der Waals surface area contributed by atoms with E-state index in [-0.39, 0.29) is 6.61 Å². The maximum atomic E-state index is 6.16. The Kier molecular flexibility index (Phi) is 6.65. The summed E-state index contributed by atoms with van der Waals surface area (Å²) in [4.78, 5) is 0. The van der Waals surface area contributed by atoms with E-state index < -0.39 is 0 Å². The van der Waals surface area contributed by atoms with Gasteiger partial charge >= 0.3 is 0 Å². The van der Waals surface area contributed by atoms with Gasteiger partial charge in [0, 0.05) is 11.6 Å². The molecule has 0 atom stereocenters. The van der Waals surface area contributed by atoms with Crippen molar-refractivity contribution < 1.29 is 14.0 Å². The predicted octanol–water partition coefficient (Wildman–Crippen LogP) is 4.65. The highest BCUT2D eigenvalue weighted by atomic mass is 32.2. The lowest BCUT2D eigenvalue weighted by molar-refractivity contribution is 0.291. The number of hydrogen-bond acceptors (Lipinski definition) is 8. The van der Waals surface area contributed by atoms with E-state index in [1.165, 1.54) is 22.0 Å². The molecule has 0 aliphatic carbocycles. The molecule has 4 aromatic rings. The van der Waals surface area contributed by atoms with E-state index in [2.05, 4.69) is 41.3 Å². The maximum Gasteiger partial charge on any atom is 0.210 e. The fourth-order valence-corrected chi connectivity index (χ4v) is 3.85. The molecule has 4 rings (SSSR count). The molecule has 0 bridgehead atoms. The number of aromatic nitrogens is 4. The number of ether oxygens (including phenoxy) is 2. The molecule has 0 fully saturated rings. The van der Waals surface area contributed by atoms with Gasteiger partial charge in [-0.2, -0.15) is 0 Å². The van der Waals surface area contributed by atoms with Gasteiger partial charge in [0.15, 0.2) is 5.82 Å². The van der Waals surface area contributed by atoms with Crippen molar-refractivity contribution in [2.75, 3.05) is 13.0 Å². The summed E-state index contributed by atoms with van der Waals surface area (Å²) in [7, 11) is 1.63. The maximum absolute atomic E-state index is 6.16. The number of nitrogens with zero attached hydrogens (tertiary/aromatic N) is 4. The summed E-state index contributed by atoms with van der Waals surface area (Å²) in [6.45, 7) is 4.54. The lowest BCUT2D eigenvalue weighted by Crippen LogP contribution is -2.15. The Labute approximate surface area is 190 Å². The summed E-state index contributed by atoms with van der Waals surface area (Å²) < 4.78 is 18.1. The van der Waals surface area contributed by atoms with Gasteiger partial charge in [0.2, 0.25) is 5.16 Å². The van der Waals surface area contributed by atoms with Crippen LogP contribution in [0.2, 0.25) is 0 Å². The molecule has 0 aliphatic heterocycles. The number of rotatable bonds is 9. The van der Waals surface area contributed by atoms with Crippen LogP contribution in [0.25, 0.3) is 11.3 Å². The molecule has 2 aromatic carbocycles. The SMILES string of the molecule is COc1ccccc1-c1cc(CSc2nnc(COc3ccc(C(C)C)cc3)n2N)on1. The Bertz CT molecular complexity index is 1170. The molecule has 0 radical (unpaired) electrons. The monoisotopic (exact) mass is 451 g/mol. The van der Waals surface area contributed by atoms with E-state index in [1.807, 2.05) is 42.5 Å². The quantitative estimate of drug-likeness (QED) is 0.290. The first kappa shape index (κ1) is 21.8. The largest absolute Gasteiger partial charge is 0.496 e. The summed E-state index contributed by atoms with van der Waals surface area (Å²) in [6.07, 6.45) is 0. The van der Waals surface area contributed by atoms with Crippen molar-refractivity contribution in [2.45, 2.75) is 37.3 Å². The number of methoxy groups -OCH3 is 1. The molecule has 0 unspecified atom stereocenters. The lowest BCUT2D eigenvalue weighted by Gasteiger charge is -2.08. The van der Waals surface area contributed by atoms with Gasteiger partial charge in [0.25, 0.3) is 0 Å². The molecule has 2 N–H and O–H groups in total. The third-order valence-corrected chi connectivity index (χ3v) is 5.90. The van der Waals surface area contributed by atoms with Crippen molar-refractivity contribution >= 4 is 11.8 Å². The van der Waals surface area contributed by atoms with Crippen LogP contribution in [-0.2, 0) is 12.4 Å². The zero-order valence-electron chi connectivity index (χ0n) is 18.2. The standard InChI is InChI=1S/C23H25N5O3S/c1-15(2)16-8-10-17(11-9-16)30-13-22-25-26-23(28(22)24)32-14-18-12-20(27-31-18)19-6-4-5-7-21(19)29-3/h4-12,15H,13-14,24H2,1-3H3. The van der Waals surface area contributed by atoms with E-state index in [1.54, 1.807) is 7.11 Å². The van der Waals surface area contributed by atoms with Crippen LogP contribution < -0.4 is 15.3 Å². The summed E-state index contributed by atoms with van der Waals surface area (Å²) in [5.41, 5.74) is 2.85. The molecule has 9 heteroatoms. The Morgan fingerprint density at radius 3 is 2.62 bits per heavy atom. The second kappa shape index (κ2) is 9.78. The van der Waals surface area contributed by atoms with Crippen molar-refractivity contribution in [1.82, 2.24) is 20.0 Å². The van der Waals surface area contributed by atoms with Crippen LogP contribution in [0.5, 0.6) is 11.5 Å². The number of thioether (sulfide) groups is 1. The lowest BCUT2D eigenvalue weighted by atomic mass is 10.0. The highest BCUT2D eigenvalue weighted by Crippen LogP contribution is 2.30. The minimum Gasteiger partial charge on any atom is -0.496 e. The Morgan fingerprint density at radius 2 is 1.88 bits per heavy atom. The number of para-hydroxylation sites is 1. The van der Waals surface area contributed by atoms with Crippen molar-refractivity contribution in [3.05, 3.63) is 71.7 Å². The van der Waals surface area contributed by atoms with E-state index >= 15 is 0 Å². The number of nitrogens with two attached hydrogens (primary N) is 1. The number of nitrogen functional groups attached to an aromatic ring is 1. The van der Waals surface area contributed by atoms with Crippen LogP contribution in [0, 0.1) is 0 Å². The van der Waals surface area contributed by atoms with E-state index in [0.29, 0.717) is 34.1 Å². The minimum atomic E-state index is 0.228. The normalized spacial score (nSPS) is 11.1. The molecule has 32 heavy (non-hydrogen) atoms. The van der Waals surface area contributed by atoms with Gasteiger partial charge in [-0.1, -0.05) is 55.0 Å². The van der Waals surface area contributed by atoms with Crippen molar-refractivity contribution in [2.24, 2.45) is 0 Å². The van der Waals surface area contributed by atoms with Crippen molar-refractivity contribution in [3.8, 4) is 22.8 Å². The summed E-state index contributed by atoms with van der Waals surface area (Å²) in [5.74, 6) is 9.88. The summed E-state index contributed by atoms with van der Waals surface area (Å²) in [6, 6.07) is 17.6. The molecular formula is C23H25N5O3S. The third-order valence-electron chi connectivity index (χ3n) is 4.94. The molecule has 0 aliphatic rings. The zero-order chi connectivity index (χ0) is 22.5. The molecule has 0 saturated heterocycles. The average Bonchev–Trinajstić information content (AvgIpc) is 3.43. The van der Waals surface area contributed by atoms with Crippen LogP contribution in [0.1, 0.15) is 36.9 Å². The first-order chi connectivity index (χ1) is 15.5. The third kappa shape index (κ3) is 4.88. The predicted molar refractivity (Wildman–Crippen MR) is 123 cm³/mol. The van der Waals surface area contributed by atoms with Crippen molar-refractivity contribution in [1.29, 1.82) is 0 Å². The van der Waals surface area contributed by atoms with Crippen LogP contribution in [0.4, 0.5) is 0 Å². The van der Waals surface area contributed by atoms with Gasteiger partial charge in [-0.15, -0.1) is 10.2 Å². The topological polar surface area (TPSA) is 101 Å². The number of hydrogen-bond donors (Lipinski definition) is 1. The van der Waals surface area contributed by atoms with E-state index in [4.69, 9.17) is 19.8 Å². The van der Waals surface area contributed by atoms with Crippen LogP contribution >= 0.6 is 11.8 Å². The smallest absolute Gasteiger partial charge is 0.210 e. The molecular weight excluding hydrogens is 426 g/mol. The highest BCUT2D eigenvalue weighted by molar-refractivity contribution is 7.98. The van der Waals surface area contributed by atoms with Gasteiger partial charge in [-0.05, 0) is 35.7 Å². The van der Waals surface area contributed by atoms with Gasteiger partial charge in [0.1, 0.15) is 29.6 Å². The molecule has 0 saturated carbocycles. The van der Waals surface area contributed by atoms with Gasteiger partial charge in [-0.3, -0.25) is 0 Å². The Morgan fingerprint density at radius 1 is 1.09 bits per heavy atom. The molecule has 8 nitrogen and oxygen atoms in total. The Balaban J connectivity index is 1.36. The first-order valence-corrected chi connectivity index (χ1v) is 11.2. The highest BCUT2D eigenvalue weighted by Gasteiger charge is 2.15. The molecule has 2 heterocycles. The van der Waals surface area contributed by atoms with E-state index in [9.17, 15) is 0 Å². The molecule has 0 spiro atoms. The number of benzene rings is 2. The molecule has 0 amide bonds. The molecule has 2 aromatic heterocycles. The van der Waals surface area contributed by atoms with E-state index in [0.717, 1.165) is 17.1 Å². The average molecular weight is 452 g/mol. The van der Waals surface area contributed by atoms with Crippen molar-refractivity contribution in [3.63, 3.8) is 0 Å². The minimum absolute atomic E-state index is 0.228. The van der Waals surface area contributed by atoms with Gasteiger partial charge in [-0.25, -0.2) is 4.68 Å². The first-order valence-electron chi connectivity index (χ1n) is 10.2. The second-order valence-corrected chi connectivity index (χ2v) is 8.39. The second-order valence-electron chi connectivity index (χ2n) is 7.45. The summed E-state index contributed by atoms with van der Waals surface area (Å²) >= 11 is 1.41. The van der Waals surface area contributed by atoms with Crippen LogP contribution in [0.15, 0.2) is 64.3 Å². The summed E-state index contributed by atoms with van der Waals surface area (Å²) in [5, 5.41) is 13.0.